The van der Waals surface area contributed by atoms with Crippen LogP contribution in [0.25, 0.3) is 0 Å². The van der Waals surface area contributed by atoms with Crippen molar-refractivity contribution in [3.8, 4) is 0 Å². The second-order valence-electron chi connectivity index (χ2n) is 6.88. The highest BCUT2D eigenvalue weighted by Crippen LogP contribution is 2.35. The number of ether oxygens (including phenoxy) is 1. The lowest BCUT2D eigenvalue weighted by Gasteiger charge is -2.31. The summed E-state index contributed by atoms with van der Waals surface area (Å²) < 4.78 is 5.54. The van der Waals surface area contributed by atoms with E-state index in [4.69, 9.17) is 4.74 Å². The molecular formula is C19H28N2O2. The van der Waals surface area contributed by atoms with E-state index in [-0.39, 0.29) is 18.1 Å². The number of amides is 1. The summed E-state index contributed by atoms with van der Waals surface area (Å²) in [5.41, 5.74) is 1.47. The monoisotopic (exact) mass is 316 g/mol. The average Bonchev–Trinajstić information content (AvgIpc) is 2.61. The first-order valence-electron chi connectivity index (χ1n) is 8.91. The Labute approximate surface area is 139 Å². The maximum Gasteiger partial charge on any atom is 0.239 e. The predicted molar refractivity (Wildman–Crippen MR) is 91.4 cm³/mol. The van der Waals surface area contributed by atoms with Crippen LogP contribution in [0.4, 0.5) is 0 Å². The zero-order chi connectivity index (χ0) is 16.1. The molecule has 3 rings (SSSR count). The Bertz CT molecular complexity index is 497. The highest BCUT2D eigenvalue weighted by molar-refractivity contribution is 5.82. The van der Waals surface area contributed by atoms with Crippen molar-refractivity contribution in [3.05, 3.63) is 35.9 Å². The molecule has 2 atom stereocenters. The van der Waals surface area contributed by atoms with Crippen LogP contribution >= 0.6 is 0 Å². The van der Waals surface area contributed by atoms with Crippen molar-refractivity contribution in [1.82, 2.24) is 10.6 Å². The predicted octanol–water partition coefficient (Wildman–Crippen LogP) is 2.45. The highest BCUT2D eigenvalue weighted by Gasteiger charge is 2.29. The van der Waals surface area contributed by atoms with E-state index in [2.05, 4.69) is 41.0 Å². The summed E-state index contributed by atoms with van der Waals surface area (Å²) in [7, 11) is 0. The summed E-state index contributed by atoms with van der Waals surface area (Å²) in [5.74, 6) is 1.39. The maximum atomic E-state index is 12.3. The van der Waals surface area contributed by atoms with Gasteiger partial charge in [0.2, 0.25) is 5.91 Å². The third-order valence-electron chi connectivity index (χ3n) is 5.28. The third-order valence-corrected chi connectivity index (χ3v) is 5.28. The molecule has 1 aliphatic carbocycles. The number of carbonyl (C=O) groups excluding carboxylic acids is 1. The van der Waals surface area contributed by atoms with Gasteiger partial charge in [0.15, 0.2) is 0 Å². The van der Waals surface area contributed by atoms with Crippen LogP contribution in [-0.4, -0.2) is 37.7 Å². The minimum absolute atomic E-state index is 0.0439. The molecule has 4 heteroatoms. The molecule has 1 saturated heterocycles. The lowest BCUT2D eigenvalue weighted by atomic mass is 9.78. The Morgan fingerprint density at radius 2 is 1.96 bits per heavy atom. The van der Waals surface area contributed by atoms with Gasteiger partial charge in [-0.3, -0.25) is 4.79 Å². The van der Waals surface area contributed by atoms with Gasteiger partial charge in [0.1, 0.15) is 6.04 Å². The second-order valence-corrected chi connectivity index (χ2v) is 6.88. The zero-order valence-electron chi connectivity index (χ0n) is 14.0. The fourth-order valence-electron chi connectivity index (χ4n) is 3.81. The van der Waals surface area contributed by atoms with E-state index in [9.17, 15) is 4.79 Å². The zero-order valence-corrected chi connectivity index (χ0v) is 14.0. The molecule has 2 N–H and O–H groups in total. The van der Waals surface area contributed by atoms with Crippen molar-refractivity contribution in [3.63, 3.8) is 0 Å². The van der Waals surface area contributed by atoms with Gasteiger partial charge in [-0.15, -0.1) is 0 Å². The van der Waals surface area contributed by atoms with E-state index < -0.39 is 0 Å². The second kappa shape index (κ2) is 7.93. The lowest BCUT2D eigenvalue weighted by Crippen LogP contribution is -2.56. The molecule has 23 heavy (non-hydrogen) atoms. The number of carbonyl (C=O) groups is 1. The molecule has 0 spiro atoms. The molecule has 4 nitrogen and oxygen atoms in total. The molecule has 126 valence electrons. The smallest absolute Gasteiger partial charge is 0.239 e. The van der Waals surface area contributed by atoms with Crippen molar-refractivity contribution in [2.24, 2.45) is 5.92 Å². The van der Waals surface area contributed by atoms with Crippen LogP contribution in [0.5, 0.6) is 0 Å². The summed E-state index contributed by atoms with van der Waals surface area (Å²) in [5, 5.41) is 6.37. The Hall–Kier alpha value is -1.39. The summed E-state index contributed by atoms with van der Waals surface area (Å²) >= 11 is 0. The molecule has 1 heterocycles. The largest absolute Gasteiger partial charge is 0.375 e. The molecule has 0 aromatic heterocycles. The Balaban J connectivity index is 1.41. The Kier molecular flexibility index (Phi) is 5.68. The van der Waals surface area contributed by atoms with Gasteiger partial charge in [-0.25, -0.2) is 0 Å². The van der Waals surface area contributed by atoms with Gasteiger partial charge >= 0.3 is 0 Å². The average molecular weight is 316 g/mol. The number of hydrogen-bond donors (Lipinski definition) is 2. The van der Waals surface area contributed by atoms with Gasteiger partial charge in [-0.05, 0) is 50.0 Å². The molecule has 0 bridgehead atoms. The summed E-state index contributed by atoms with van der Waals surface area (Å²) in [6.07, 6.45) is 4.81. The fraction of sp³-hybridized carbons (Fsp3) is 0.632. The van der Waals surface area contributed by atoms with Gasteiger partial charge in [-0.1, -0.05) is 30.3 Å². The molecule has 1 aromatic rings. The van der Waals surface area contributed by atoms with Gasteiger partial charge in [0.05, 0.1) is 12.7 Å². The van der Waals surface area contributed by atoms with Crippen molar-refractivity contribution in [2.45, 2.75) is 50.7 Å². The van der Waals surface area contributed by atoms with Crippen LogP contribution in [-0.2, 0) is 9.53 Å². The van der Waals surface area contributed by atoms with Gasteiger partial charge < -0.3 is 15.4 Å². The van der Waals surface area contributed by atoms with Crippen molar-refractivity contribution >= 4 is 5.91 Å². The number of benzene rings is 1. The van der Waals surface area contributed by atoms with E-state index in [0.29, 0.717) is 18.4 Å². The minimum atomic E-state index is -0.204. The minimum Gasteiger partial charge on any atom is -0.375 e. The van der Waals surface area contributed by atoms with Crippen LogP contribution in [0, 0.1) is 5.92 Å². The van der Waals surface area contributed by atoms with Crippen LogP contribution in [0.1, 0.15) is 44.1 Å². The quantitative estimate of drug-likeness (QED) is 0.897. The van der Waals surface area contributed by atoms with E-state index in [1.807, 2.05) is 6.92 Å². The molecule has 0 radical (unpaired) electrons. The molecule has 1 amide bonds. The van der Waals surface area contributed by atoms with Crippen LogP contribution in [0.2, 0.25) is 0 Å². The fourth-order valence-corrected chi connectivity index (χ4v) is 3.81. The van der Waals surface area contributed by atoms with E-state index in [1.165, 1.54) is 31.2 Å². The maximum absolute atomic E-state index is 12.3. The van der Waals surface area contributed by atoms with Crippen molar-refractivity contribution in [1.29, 1.82) is 0 Å². The van der Waals surface area contributed by atoms with Gasteiger partial charge in [-0.2, -0.15) is 0 Å². The topological polar surface area (TPSA) is 50.4 Å². The molecule has 1 aromatic carbocycles. The van der Waals surface area contributed by atoms with Crippen LogP contribution in [0.15, 0.2) is 30.3 Å². The molecule has 0 unspecified atom stereocenters. The Morgan fingerprint density at radius 3 is 2.65 bits per heavy atom. The third kappa shape index (κ3) is 4.33. The normalized spacial score (nSPS) is 31.5. The summed E-state index contributed by atoms with van der Waals surface area (Å²) in [6, 6.07) is 10.6. The molecule has 1 aliphatic heterocycles. The molecule has 2 aliphatic rings. The standard InChI is InChI=1S/C19H28N2O2/c1-14-18(20-11-12-23-14)19(22)21-13-15-7-9-17(10-8-15)16-5-3-2-4-6-16/h2-6,14-15,17-18,20H,7-13H2,1H3,(H,21,22)/t14-,15?,17?,18+/m1/s1. The van der Waals surface area contributed by atoms with Gasteiger partial charge in [0.25, 0.3) is 0 Å². The van der Waals surface area contributed by atoms with Crippen molar-refractivity contribution < 1.29 is 9.53 Å². The summed E-state index contributed by atoms with van der Waals surface area (Å²) in [6.45, 7) is 4.20. The van der Waals surface area contributed by atoms with Crippen LogP contribution in [0.3, 0.4) is 0 Å². The van der Waals surface area contributed by atoms with E-state index in [1.54, 1.807) is 0 Å². The number of hydrogen-bond acceptors (Lipinski definition) is 3. The van der Waals surface area contributed by atoms with E-state index >= 15 is 0 Å². The molecule has 1 saturated carbocycles. The molecular weight excluding hydrogens is 288 g/mol. The number of rotatable bonds is 4. The highest BCUT2D eigenvalue weighted by atomic mass is 16.5. The first kappa shape index (κ1) is 16.5. The first-order chi connectivity index (χ1) is 11.2. The number of nitrogens with one attached hydrogen (secondary N) is 2. The van der Waals surface area contributed by atoms with Crippen LogP contribution < -0.4 is 10.6 Å². The van der Waals surface area contributed by atoms with E-state index in [0.717, 1.165) is 13.1 Å². The lowest BCUT2D eigenvalue weighted by molar-refractivity contribution is -0.129. The van der Waals surface area contributed by atoms with Crippen molar-refractivity contribution in [2.75, 3.05) is 19.7 Å². The first-order valence-corrected chi connectivity index (χ1v) is 8.91. The SMILES string of the molecule is C[C@H]1OCCN[C@@H]1C(=O)NCC1CCC(c2ccccc2)CC1. The Morgan fingerprint density at radius 1 is 1.22 bits per heavy atom. The number of morpholine rings is 1. The molecule has 2 fully saturated rings. The van der Waals surface area contributed by atoms with Gasteiger partial charge in [0, 0.05) is 13.1 Å². The summed E-state index contributed by atoms with van der Waals surface area (Å²) in [4.78, 5) is 12.3.